The Balaban J connectivity index is 1.66. The normalized spacial score (nSPS) is 14.3. The van der Waals surface area contributed by atoms with Gasteiger partial charge in [0.25, 0.3) is 11.8 Å². The predicted molar refractivity (Wildman–Crippen MR) is 103 cm³/mol. The maximum atomic E-state index is 13.0. The molecule has 1 aliphatic rings. The lowest BCUT2D eigenvalue weighted by Gasteiger charge is -2.17. The van der Waals surface area contributed by atoms with Crippen molar-refractivity contribution in [1.82, 2.24) is 5.06 Å². The average Bonchev–Trinajstić information content (AvgIpc) is 3.10. The van der Waals surface area contributed by atoms with Crippen molar-refractivity contribution >= 4 is 29.4 Å². The monoisotopic (exact) mass is 483 g/mol. The van der Waals surface area contributed by atoms with Crippen LogP contribution in [0.1, 0.15) is 40.0 Å². The number of ketones is 2. The van der Waals surface area contributed by atoms with E-state index in [1.165, 1.54) is 36.4 Å². The molecule has 0 N–H and O–H groups in total. The Kier molecular flexibility index (Phi) is 6.62. The Bertz CT molecular complexity index is 1140. The van der Waals surface area contributed by atoms with Crippen molar-refractivity contribution in [2.75, 3.05) is 0 Å². The number of nitrogens with zero attached hydrogens (tertiary/aromatic N) is 1. The lowest BCUT2D eigenvalue weighted by Crippen LogP contribution is -2.44. The second-order valence-electron chi connectivity index (χ2n) is 7.21. The number of rotatable bonds is 7. The first-order valence-corrected chi connectivity index (χ1v) is 9.61. The molecule has 0 aromatic heterocycles. The number of alkyl halides is 5. The topological polar surface area (TPSA) is 97.8 Å². The van der Waals surface area contributed by atoms with Crippen LogP contribution in [0.15, 0.2) is 48.5 Å². The molecule has 2 amide bonds. The second kappa shape index (κ2) is 9.12. The van der Waals surface area contributed by atoms with E-state index < -0.39 is 47.9 Å². The van der Waals surface area contributed by atoms with Crippen molar-refractivity contribution in [2.45, 2.75) is 31.4 Å². The van der Waals surface area contributed by atoms with Crippen molar-refractivity contribution in [3.05, 3.63) is 59.7 Å². The van der Waals surface area contributed by atoms with E-state index >= 15 is 0 Å². The van der Waals surface area contributed by atoms with Gasteiger partial charge < -0.3 is 4.84 Å². The highest BCUT2D eigenvalue weighted by Gasteiger charge is 2.62. The van der Waals surface area contributed by atoms with Crippen molar-refractivity contribution in [2.24, 2.45) is 0 Å². The van der Waals surface area contributed by atoms with Gasteiger partial charge in [-0.3, -0.25) is 19.2 Å². The van der Waals surface area contributed by atoms with Crippen LogP contribution in [0.25, 0.3) is 11.1 Å². The van der Waals surface area contributed by atoms with E-state index in [0.717, 1.165) is 12.1 Å². The van der Waals surface area contributed by atoms with Crippen LogP contribution >= 0.6 is 0 Å². The third-order valence-electron chi connectivity index (χ3n) is 4.87. The fourth-order valence-corrected chi connectivity index (χ4v) is 2.96. The number of imide groups is 1. The molecule has 1 saturated heterocycles. The summed E-state index contributed by atoms with van der Waals surface area (Å²) in [6.07, 6.45) is -7.82. The van der Waals surface area contributed by atoms with Gasteiger partial charge in [-0.2, -0.15) is 22.0 Å². The van der Waals surface area contributed by atoms with E-state index in [1.807, 2.05) is 0 Å². The summed E-state index contributed by atoms with van der Waals surface area (Å²) in [5.41, 5.74) is 0.819. The SMILES string of the molecule is O=C(CC(=O)C(F)(F)C(F)(F)F)c1ccc(-c2ccc(C(=O)ON3C(=O)CCC3=O)cc2)cc1. The first-order chi connectivity index (χ1) is 15.8. The molecule has 1 heterocycles. The predicted octanol–water partition coefficient (Wildman–Crippen LogP) is 3.91. The van der Waals surface area contributed by atoms with Gasteiger partial charge in [-0.05, 0) is 23.3 Å². The lowest BCUT2D eigenvalue weighted by molar-refractivity contribution is -0.268. The molecule has 12 heteroatoms. The molecule has 1 fully saturated rings. The lowest BCUT2D eigenvalue weighted by atomic mass is 9.98. The van der Waals surface area contributed by atoms with Crippen LogP contribution in [0.3, 0.4) is 0 Å². The minimum atomic E-state index is -6.09. The highest BCUT2D eigenvalue weighted by atomic mass is 19.4. The summed E-state index contributed by atoms with van der Waals surface area (Å²) in [4.78, 5) is 63.2. The van der Waals surface area contributed by atoms with Gasteiger partial charge in [0.05, 0.1) is 12.0 Å². The summed E-state index contributed by atoms with van der Waals surface area (Å²) < 4.78 is 62.8. The molecule has 0 spiro atoms. The Morgan fingerprint density at radius 3 is 1.65 bits per heavy atom. The van der Waals surface area contributed by atoms with Crippen LogP contribution in [0, 0.1) is 0 Å². The number of amides is 2. The number of benzene rings is 2. The van der Waals surface area contributed by atoms with Gasteiger partial charge >= 0.3 is 18.1 Å². The van der Waals surface area contributed by atoms with Gasteiger partial charge in [0, 0.05) is 18.4 Å². The largest absolute Gasteiger partial charge is 0.461 e. The number of halogens is 5. The molecule has 2 aromatic rings. The van der Waals surface area contributed by atoms with Crippen molar-refractivity contribution in [3.63, 3.8) is 0 Å². The summed E-state index contributed by atoms with van der Waals surface area (Å²) in [5, 5.41) is 0.404. The zero-order valence-corrected chi connectivity index (χ0v) is 17.0. The number of Topliss-reactive ketones (excluding diaryl/α,β-unsaturated/α-hetero) is 2. The van der Waals surface area contributed by atoms with E-state index in [1.54, 1.807) is 0 Å². The first kappa shape index (κ1) is 24.7. The zero-order chi connectivity index (χ0) is 25.3. The third kappa shape index (κ3) is 5.00. The molecule has 7 nitrogen and oxygen atoms in total. The smallest absolute Gasteiger partial charge is 0.325 e. The van der Waals surface area contributed by atoms with Crippen LogP contribution < -0.4 is 0 Å². The van der Waals surface area contributed by atoms with Gasteiger partial charge in [-0.15, -0.1) is 5.06 Å². The first-order valence-electron chi connectivity index (χ1n) is 9.61. The zero-order valence-electron chi connectivity index (χ0n) is 17.0. The van der Waals surface area contributed by atoms with Gasteiger partial charge in [0.15, 0.2) is 5.78 Å². The van der Waals surface area contributed by atoms with E-state index in [0.29, 0.717) is 16.2 Å². The molecular formula is C22H14F5NO6. The summed E-state index contributed by atoms with van der Waals surface area (Å²) in [6, 6.07) is 10.7. The molecule has 3 rings (SSSR count). The van der Waals surface area contributed by atoms with Gasteiger partial charge in [-0.25, -0.2) is 4.79 Å². The Morgan fingerprint density at radius 2 is 1.21 bits per heavy atom. The highest BCUT2D eigenvalue weighted by molar-refractivity contribution is 6.10. The van der Waals surface area contributed by atoms with E-state index in [4.69, 9.17) is 4.84 Å². The minimum Gasteiger partial charge on any atom is -0.325 e. The van der Waals surface area contributed by atoms with E-state index in [9.17, 15) is 45.9 Å². The average molecular weight is 483 g/mol. The van der Waals surface area contributed by atoms with E-state index in [2.05, 4.69) is 0 Å². The number of carbonyl (C=O) groups excluding carboxylic acids is 5. The van der Waals surface area contributed by atoms with Crippen LogP contribution in [0.5, 0.6) is 0 Å². The van der Waals surface area contributed by atoms with Crippen LogP contribution in [0.2, 0.25) is 0 Å². The Morgan fingerprint density at radius 1 is 0.765 bits per heavy atom. The summed E-state index contributed by atoms with van der Waals surface area (Å²) in [7, 11) is 0. The molecule has 178 valence electrons. The van der Waals surface area contributed by atoms with Gasteiger partial charge in [0.1, 0.15) is 0 Å². The second-order valence-corrected chi connectivity index (χ2v) is 7.21. The molecule has 0 aliphatic carbocycles. The molecule has 0 atom stereocenters. The Hall–Kier alpha value is -3.96. The van der Waals surface area contributed by atoms with Crippen molar-refractivity contribution in [1.29, 1.82) is 0 Å². The highest BCUT2D eigenvalue weighted by Crippen LogP contribution is 2.37. The maximum absolute atomic E-state index is 13.0. The van der Waals surface area contributed by atoms with Crippen LogP contribution in [0.4, 0.5) is 22.0 Å². The standard InChI is InChI=1S/C22H14F5NO6/c23-21(24,22(25,26)27)17(30)11-16(29)14-5-1-12(2-6-14)13-3-7-15(8-4-13)20(33)34-28-18(31)9-10-19(28)32/h1-8H,9-11H2. The molecule has 2 aromatic carbocycles. The number of carbonyl (C=O) groups is 5. The summed E-state index contributed by atoms with van der Waals surface area (Å²) in [6.45, 7) is 0. The fourth-order valence-electron chi connectivity index (χ4n) is 2.96. The molecule has 0 unspecified atom stereocenters. The Labute approximate surface area is 188 Å². The van der Waals surface area contributed by atoms with E-state index in [-0.39, 0.29) is 24.0 Å². The molecule has 0 bridgehead atoms. The van der Waals surface area contributed by atoms with Crippen molar-refractivity contribution in [3.8, 4) is 11.1 Å². The number of hydrogen-bond donors (Lipinski definition) is 0. The molecule has 34 heavy (non-hydrogen) atoms. The summed E-state index contributed by atoms with van der Waals surface area (Å²) in [5.74, 6) is -11.6. The molecular weight excluding hydrogens is 469 g/mol. The van der Waals surface area contributed by atoms with Crippen LogP contribution in [-0.2, 0) is 19.2 Å². The maximum Gasteiger partial charge on any atom is 0.461 e. The summed E-state index contributed by atoms with van der Waals surface area (Å²) >= 11 is 0. The van der Waals surface area contributed by atoms with Gasteiger partial charge in [0.2, 0.25) is 5.78 Å². The fraction of sp³-hybridized carbons (Fsp3) is 0.227. The molecule has 0 radical (unpaired) electrons. The number of hydrogen-bond acceptors (Lipinski definition) is 6. The molecule has 1 aliphatic heterocycles. The van der Waals surface area contributed by atoms with Crippen molar-refractivity contribution < 1.29 is 50.8 Å². The molecule has 0 saturated carbocycles. The third-order valence-corrected chi connectivity index (χ3v) is 4.87. The number of hydroxylamine groups is 2. The van der Waals surface area contributed by atoms with Crippen LogP contribution in [-0.4, -0.2) is 46.5 Å². The quantitative estimate of drug-likeness (QED) is 0.256. The minimum absolute atomic E-state index is 0.0344. The van der Waals surface area contributed by atoms with Gasteiger partial charge in [-0.1, -0.05) is 36.4 Å².